The van der Waals surface area contributed by atoms with Crippen LogP contribution in [0.3, 0.4) is 0 Å². The Kier molecular flexibility index (Phi) is 4.34. The first-order valence-electron chi connectivity index (χ1n) is 5.66. The van der Waals surface area contributed by atoms with E-state index >= 15 is 0 Å². The van der Waals surface area contributed by atoms with Crippen LogP contribution in [0.5, 0.6) is 0 Å². The van der Waals surface area contributed by atoms with Crippen molar-refractivity contribution in [1.82, 2.24) is 4.98 Å². The predicted octanol–water partition coefficient (Wildman–Crippen LogP) is 2.92. The summed E-state index contributed by atoms with van der Waals surface area (Å²) in [6.45, 7) is 0.683. The van der Waals surface area contributed by atoms with Crippen molar-refractivity contribution in [2.45, 2.75) is 19.3 Å². The standard InChI is InChI=1S/C13H15BrN2O/c14-11-5-3-10(4-6-11)8-13-16-9-12(17-13)2-1-7-15/h3-6,9H,1-2,7-8,15H2. The summed E-state index contributed by atoms with van der Waals surface area (Å²) in [5.41, 5.74) is 6.65. The highest BCUT2D eigenvalue weighted by Gasteiger charge is 2.04. The number of nitrogens with two attached hydrogens (primary N) is 1. The molecular formula is C13H15BrN2O. The van der Waals surface area contributed by atoms with Gasteiger partial charge >= 0.3 is 0 Å². The first-order valence-corrected chi connectivity index (χ1v) is 6.45. The van der Waals surface area contributed by atoms with Gasteiger partial charge in [-0.1, -0.05) is 28.1 Å². The first kappa shape index (κ1) is 12.3. The lowest BCUT2D eigenvalue weighted by Crippen LogP contribution is -1.99. The third kappa shape index (κ3) is 3.68. The monoisotopic (exact) mass is 294 g/mol. The minimum Gasteiger partial charge on any atom is -0.445 e. The van der Waals surface area contributed by atoms with Gasteiger partial charge in [-0.15, -0.1) is 0 Å². The van der Waals surface area contributed by atoms with Crippen LogP contribution in [0.4, 0.5) is 0 Å². The highest BCUT2D eigenvalue weighted by molar-refractivity contribution is 9.10. The van der Waals surface area contributed by atoms with E-state index in [1.165, 1.54) is 5.56 Å². The predicted molar refractivity (Wildman–Crippen MR) is 70.8 cm³/mol. The molecule has 17 heavy (non-hydrogen) atoms. The van der Waals surface area contributed by atoms with Crippen molar-refractivity contribution in [2.24, 2.45) is 5.73 Å². The van der Waals surface area contributed by atoms with E-state index in [4.69, 9.17) is 10.2 Å². The Morgan fingerprint density at radius 2 is 2.00 bits per heavy atom. The second-order valence-electron chi connectivity index (χ2n) is 3.92. The van der Waals surface area contributed by atoms with Crippen LogP contribution >= 0.6 is 15.9 Å². The molecule has 0 fully saturated rings. The quantitative estimate of drug-likeness (QED) is 0.922. The van der Waals surface area contributed by atoms with Gasteiger partial charge < -0.3 is 10.2 Å². The molecular weight excluding hydrogens is 280 g/mol. The number of hydrogen-bond donors (Lipinski definition) is 1. The average molecular weight is 295 g/mol. The van der Waals surface area contributed by atoms with Gasteiger partial charge in [0.15, 0.2) is 5.89 Å². The number of benzene rings is 1. The van der Waals surface area contributed by atoms with Crippen molar-refractivity contribution in [1.29, 1.82) is 0 Å². The normalized spacial score (nSPS) is 10.7. The van der Waals surface area contributed by atoms with Crippen molar-refractivity contribution in [3.05, 3.63) is 52.1 Å². The van der Waals surface area contributed by atoms with Gasteiger partial charge in [-0.2, -0.15) is 0 Å². The fraction of sp³-hybridized carbons (Fsp3) is 0.308. The Bertz CT molecular complexity index is 465. The number of oxazole rings is 1. The zero-order valence-corrected chi connectivity index (χ0v) is 11.1. The lowest BCUT2D eigenvalue weighted by molar-refractivity contribution is 0.459. The zero-order valence-electron chi connectivity index (χ0n) is 9.53. The summed E-state index contributed by atoms with van der Waals surface area (Å²) in [7, 11) is 0. The molecule has 90 valence electrons. The van der Waals surface area contributed by atoms with Gasteiger partial charge in [0.1, 0.15) is 5.76 Å². The molecule has 2 rings (SSSR count). The molecule has 0 atom stereocenters. The van der Waals surface area contributed by atoms with Crippen LogP contribution < -0.4 is 5.73 Å². The van der Waals surface area contributed by atoms with Gasteiger partial charge in [-0.25, -0.2) is 4.98 Å². The largest absolute Gasteiger partial charge is 0.445 e. The van der Waals surface area contributed by atoms with Crippen LogP contribution in [0, 0.1) is 0 Å². The fourth-order valence-corrected chi connectivity index (χ4v) is 1.86. The third-order valence-electron chi connectivity index (χ3n) is 2.50. The molecule has 0 aliphatic carbocycles. The van der Waals surface area contributed by atoms with Crippen molar-refractivity contribution < 1.29 is 4.42 Å². The molecule has 0 radical (unpaired) electrons. The van der Waals surface area contributed by atoms with Gasteiger partial charge in [0.25, 0.3) is 0 Å². The SMILES string of the molecule is NCCCc1cnc(Cc2ccc(Br)cc2)o1. The first-order chi connectivity index (χ1) is 8.28. The summed E-state index contributed by atoms with van der Waals surface area (Å²) < 4.78 is 6.72. The fourth-order valence-electron chi connectivity index (χ4n) is 1.60. The lowest BCUT2D eigenvalue weighted by atomic mass is 10.1. The summed E-state index contributed by atoms with van der Waals surface area (Å²) in [5, 5.41) is 0. The molecule has 0 saturated heterocycles. The second kappa shape index (κ2) is 5.98. The van der Waals surface area contributed by atoms with Crippen molar-refractivity contribution in [2.75, 3.05) is 6.54 Å². The summed E-state index contributed by atoms with van der Waals surface area (Å²) in [6.07, 6.45) is 4.33. The van der Waals surface area contributed by atoms with Gasteiger partial charge in [-0.05, 0) is 30.7 Å². The van der Waals surface area contributed by atoms with E-state index in [9.17, 15) is 0 Å². The van der Waals surface area contributed by atoms with Crippen LogP contribution in [0.2, 0.25) is 0 Å². The molecule has 1 heterocycles. The molecule has 1 aromatic carbocycles. The highest BCUT2D eigenvalue weighted by Crippen LogP contribution is 2.14. The van der Waals surface area contributed by atoms with Gasteiger partial charge in [0.2, 0.25) is 0 Å². The summed E-state index contributed by atoms with van der Waals surface area (Å²) >= 11 is 3.41. The van der Waals surface area contributed by atoms with E-state index in [2.05, 4.69) is 33.0 Å². The molecule has 1 aromatic heterocycles. The van der Waals surface area contributed by atoms with Crippen LogP contribution in [0.15, 0.2) is 39.4 Å². The number of nitrogens with zero attached hydrogens (tertiary/aromatic N) is 1. The van der Waals surface area contributed by atoms with Crippen LogP contribution in [0.1, 0.15) is 23.6 Å². The van der Waals surface area contributed by atoms with Crippen LogP contribution in [-0.2, 0) is 12.8 Å². The van der Waals surface area contributed by atoms with Crippen molar-refractivity contribution in [3.63, 3.8) is 0 Å². The average Bonchev–Trinajstić information content (AvgIpc) is 2.77. The Morgan fingerprint density at radius 3 is 2.71 bits per heavy atom. The molecule has 0 amide bonds. The van der Waals surface area contributed by atoms with Gasteiger partial charge in [-0.3, -0.25) is 0 Å². The summed E-state index contributed by atoms with van der Waals surface area (Å²) in [6, 6.07) is 8.17. The van der Waals surface area contributed by atoms with E-state index in [1.54, 1.807) is 6.20 Å². The van der Waals surface area contributed by atoms with E-state index in [0.717, 1.165) is 35.4 Å². The maximum Gasteiger partial charge on any atom is 0.198 e. The number of rotatable bonds is 5. The van der Waals surface area contributed by atoms with E-state index in [-0.39, 0.29) is 0 Å². The molecule has 0 spiro atoms. The molecule has 0 aliphatic rings. The molecule has 0 unspecified atom stereocenters. The van der Waals surface area contributed by atoms with E-state index in [1.807, 2.05) is 12.1 Å². The molecule has 0 aliphatic heterocycles. The van der Waals surface area contributed by atoms with E-state index < -0.39 is 0 Å². The maximum atomic E-state index is 5.64. The van der Waals surface area contributed by atoms with Crippen LogP contribution in [0.25, 0.3) is 0 Å². The summed E-state index contributed by atoms with van der Waals surface area (Å²) in [4.78, 5) is 4.27. The van der Waals surface area contributed by atoms with E-state index in [0.29, 0.717) is 6.54 Å². The van der Waals surface area contributed by atoms with Gasteiger partial charge in [0.05, 0.1) is 6.20 Å². The minimum atomic E-state index is 0.683. The van der Waals surface area contributed by atoms with Gasteiger partial charge in [0, 0.05) is 17.3 Å². The number of aromatic nitrogens is 1. The summed E-state index contributed by atoms with van der Waals surface area (Å²) in [5.74, 6) is 1.68. The highest BCUT2D eigenvalue weighted by atomic mass is 79.9. The minimum absolute atomic E-state index is 0.683. The Labute approximate surface area is 109 Å². The van der Waals surface area contributed by atoms with Crippen molar-refractivity contribution in [3.8, 4) is 0 Å². The molecule has 3 nitrogen and oxygen atoms in total. The Balaban J connectivity index is 1.98. The number of halogens is 1. The lowest BCUT2D eigenvalue weighted by Gasteiger charge is -1.97. The molecule has 2 aromatic rings. The second-order valence-corrected chi connectivity index (χ2v) is 4.83. The van der Waals surface area contributed by atoms with Crippen molar-refractivity contribution >= 4 is 15.9 Å². The Hall–Kier alpha value is -1.13. The maximum absolute atomic E-state index is 5.64. The number of hydrogen-bond acceptors (Lipinski definition) is 3. The third-order valence-corrected chi connectivity index (χ3v) is 3.03. The molecule has 2 N–H and O–H groups in total. The zero-order chi connectivity index (χ0) is 12.1. The Morgan fingerprint density at radius 1 is 1.24 bits per heavy atom. The molecule has 0 bridgehead atoms. The molecule has 4 heteroatoms. The topological polar surface area (TPSA) is 52.0 Å². The number of aryl methyl sites for hydroxylation is 1. The smallest absolute Gasteiger partial charge is 0.198 e. The molecule has 0 saturated carbocycles. The van der Waals surface area contributed by atoms with Crippen LogP contribution in [-0.4, -0.2) is 11.5 Å².